The first-order valence-electron chi connectivity index (χ1n) is 8.43. The minimum atomic E-state index is 0.0108. The van der Waals surface area contributed by atoms with Crippen molar-refractivity contribution in [2.45, 2.75) is 25.4 Å². The van der Waals surface area contributed by atoms with Crippen molar-refractivity contribution < 1.29 is 9.47 Å². The first-order valence-corrected chi connectivity index (χ1v) is 8.43. The van der Waals surface area contributed by atoms with Crippen molar-refractivity contribution in [3.63, 3.8) is 0 Å². The highest BCUT2D eigenvalue weighted by atomic mass is 16.5. The summed E-state index contributed by atoms with van der Waals surface area (Å²) in [6, 6.07) is 10.2. The number of ether oxygens (including phenoxy) is 2. The van der Waals surface area contributed by atoms with E-state index in [1.54, 1.807) is 14.2 Å². The molecule has 0 saturated heterocycles. The molecule has 1 aliphatic carbocycles. The minimum Gasteiger partial charge on any atom is -0.381 e. The van der Waals surface area contributed by atoms with Crippen molar-refractivity contribution in [1.82, 2.24) is 10.6 Å². The van der Waals surface area contributed by atoms with Crippen LogP contribution in [-0.2, 0) is 9.47 Å². The Hall–Kier alpha value is -1.59. The van der Waals surface area contributed by atoms with Crippen LogP contribution in [-0.4, -0.2) is 46.4 Å². The smallest absolute Gasteiger partial charge is 0.191 e. The standard InChI is InChI=1S/C18H29N3O2/c1-19-18(20-11-6-12-23-14-15-9-10-15)21-13-17(22-2)16-7-4-3-5-8-16/h3-5,7-8,15,17H,6,9-14H2,1-2H3,(H2,19,20,21). The van der Waals surface area contributed by atoms with Gasteiger partial charge in [0.05, 0.1) is 6.10 Å². The number of methoxy groups -OCH3 is 1. The summed E-state index contributed by atoms with van der Waals surface area (Å²) < 4.78 is 11.2. The van der Waals surface area contributed by atoms with E-state index < -0.39 is 0 Å². The van der Waals surface area contributed by atoms with Crippen LogP contribution in [0, 0.1) is 5.92 Å². The number of aliphatic imine (C=N–C) groups is 1. The quantitative estimate of drug-likeness (QED) is 0.395. The van der Waals surface area contributed by atoms with E-state index in [2.05, 4.69) is 27.8 Å². The number of hydrogen-bond acceptors (Lipinski definition) is 3. The molecule has 128 valence electrons. The molecule has 1 saturated carbocycles. The van der Waals surface area contributed by atoms with Crippen molar-refractivity contribution in [3.8, 4) is 0 Å². The predicted octanol–water partition coefficient (Wildman–Crippen LogP) is 2.36. The van der Waals surface area contributed by atoms with Gasteiger partial charge in [-0.1, -0.05) is 30.3 Å². The number of guanidine groups is 1. The van der Waals surface area contributed by atoms with Crippen LogP contribution in [0.15, 0.2) is 35.3 Å². The normalized spacial score (nSPS) is 16.2. The van der Waals surface area contributed by atoms with Crippen LogP contribution in [0.4, 0.5) is 0 Å². The van der Waals surface area contributed by atoms with Gasteiger partial charge in [0.2, 0.25) is 0 Å². The van der Waals surface area contributed by atoms with Gasteiger partial charge in [0.1, 0.15) is 0 Å². The largest absolute Gasteiger partial charge is 0.381 e. The summed E-state index contributed by atoms with van der Waals surface area (Å²) in [5.41, 5.74) is 1.16. The molecule has 1 aromatic carbocycles. The topological polar surface area (TPSA) is 54.9 Å². The zero-order valence-electron chi connectivity index (χ0n) is 14.3. The van der Waals surface area contributed by atoms with Crippen molar-refractivity contribution in [3.05, 3.63) is 35.9 Å². The summed E-state index contributed by atoms with van der Waals surface area (Å²) in [6.07, 6.45) is 3.68. The van der Waals surface area contributed by atoms with E-state index >= 15 is 0 Å². The van der Waals surface area contributed by atoms with Crippen molar-refractivity contribution in [2.24, 2.45) is 10.9 Å². The van der Waals surface area contributed by atoms with Crippen LogP contribution >= 0.6 is 0 Å². The van der Waals surface area contributed by atoms with Gasteiger partial charge in [-0.3, -0.25) is 4.99 Å². The molecule has 0 spiro atoms. The summed E-state index contributed by atoms with van der Waals surface area (Å²) >= 11 is 0. The highest BCUT2D eigenvalue weighted by molar-refractivity contribution is 5.79. The molecule has 0 aliphatic heterocycles. The lowest BCUT2D eigenvalue weighted by Crippen LogP contribution is -2.40. The second kappa shape index (κ2) is 10.2. The molecule has 2 N–H and O–H groups in total. The first kappa shape index (κ1) is 17.8. The van der Waals surface area contributed by atoms with E-state index in [4.69, 9.17) is 9.47 Å². The Labute approximate surface area is 139 Å². The molecule has 1 fully saturated rings. The number of benzene rings is 1. The van der Waals surface area contributed by atoms with Crippen LogP contribution in [0.2, 0.25) is 0 Å². The second-order valence-corrected chi connectivity index (χ2v) is 5.89. The predicted molar refractivity (Wildman–Crippen MR) is 93.7 cm³/mol. The summed E-state index contributed by atoms with van der Waals surface area (Å²) in [5, 5.41) is 6.62. The molecule has 0 radical (unpaired) electrons. The van der Waals surface area contributed by atoms with E-state index in [9.17, 15) is 0 Å². The van der Waals surface area contributed by atoms with Gasteiger partial charge < -0.3 is 20.1 Å². The Morgan fingerprint density at radius 2 is 2.04 bits per heavy atom. The fourth-order valence-corrected chi connectivity index (χ4v) is 2.33. The molecule has 1 aliphatic rings. The van der Waals surface area contributed by atoms with Crippen LogP contribution < -0.4 is 10.6 Å². The SMILES string of the molecule is CN=C(NCCCOCC1CC1)NCC(OC)c1ccccc1. The monoisotopic (exact) mass is 319 g/mol. The third-order valence-electron chi connectivity index (χ3n) is 3.94. The van der Waals surface area contributed by atoms with Crippen LogP contribution in [0.5, 0.6) is 0 Å². The zero-order valence-corrected chi connectivity index (χ0v) is 14.3. The first-order chi connectivity index (χ1) is 11.3. The Kier molecular flexibility index (Phi) is 7.90. The molecule has 0 heterocycles. The van der Waals surface area contributed by atoms with Gasteiger partial charge >= 0.3 is 0 Å². The maximum Gasteiger partial charge on any atom is 0.191 e. The summed E-state index contributed by atoms with van der Waals surface area (Å²) in [4.78, 5) is 4.24. The molecular formula is C18H29N3O2. The fourth-order valence-electron chi connectivity index (χ4n) is 2.33. The van der Waals surface area contributed by atoms with Gasteiger partial charge in [-0.05, 0) is 30.7 Å². The molecule has 0 aromatic heterocycles. The molecule has 1 aromatic rings. The van der Waals surface area contributed by atoms with Gasteiger partial charge in [-0.2, -0.15) is 0 Å². The average Bonchev–Trinajstić information content (AvgIpc) is 3.41. The third-order valence-corrected chi connectivity index (χ3v) is 3.94. The van der Waals surface area contributed by atoms with Crippen molar-refractivity contribution in [2.75, 3.05) is 40.5 Å². The number of hydrogen-bond donors (Lipinski definition) is 2. The maximum atomic E-state index is 5.63. The molecule has 1 unspecified atom stereocenters. The Balaban J connectivity index is 1.61. The lowest BCUT2D eigenvalue weighted by Gasteiger charge is -2.18. The summed E-state index contributed by atoms with van der Waals surface area (Å²) in [7, 11) is 3.51. The van der Waals surface area contributed by atoms with E-state index in [1.807, 2.05) is 18.2 Å². The van der Waals surface area contributed by atoms with Gasteiger partial charge in [-0.15, -0.1) is 0 Å². The van der Waals surface area contributed by atoms with Crippen LogP contribution in [0.1, 0.15) is 30.9 Å². The van der Waals surface area contributed by atoms with Crippen molar-refractivity contribution in [1.29, 1.82) is 0 Å². The van der Waals surface area contributed by atoms with Gasteiger partial charge in [0, 0.05) is 40.5 Å². The van der Waals surface area contributed by atoms with E-state index in [1.165, 1.54) is 12.8 Å². The lowest BCUT2D eigenvalue weighted by molar-refractivity contribution is 0.106. The molecule has 23 heavy (non-hydrogen) atoms. The maximum absolute atomic E-state index is 5.63. The zero-order chi connectivity index (χ0) is 16.3. The van der Waals surface area contributed by atoms with Crippen molar-refractivity contribution >= 4 is 5.96 Å². The molecule has 5 nitrogen and oxygen atoms in total. The third kappa shape index (κ3) is 7.01. The summed E-state index contributed by atoms with van der Waals surface area (Å²) in [6.45, 7) is 3.27. The molecule has 5 heteroatoms. The van der Waals surface area contributed by atoms with Crippen LogP contribution in [0.25, 0.3) is 0 Å². The number of nitrogens with one attached hydrogen (secondary N) is 2. The van der Waals surface area contributed by atoms with E-state index in [0.717, 1.165) is 43.6 Å². The minimum absolute atomic E-state index is 0.0108. The van der Waals surface area contributed by atoms with Gasteiger partial charge in [0.15, 0.2) is 5.96 Å². The van der Waals surface area contributed by atoms with Crippen LogP contribution in [0.3, 0.4) is 0 Å². The number of nitrogens with zero attached hydrogens (tertiary/aromatic N) is 1. The Bertz CT molecular complexity index is 461. The fraction of sp³-hybridized carbons (Fsp3) is 0.611. The second-order valence-electron chi connectivity index (χ2n) is 5.89. The molecule has 0 bridgehead atoms. The molecule has 2 rings (SSSR count). The molecule has 0 amide bonds. The lowest BCUT2D eigenvalue weighted by atomic mass is 10.1. The highest BCUT2D eigenvalue weighted by Gasteiger charge is 2.20. The highest BCUT2D eigenvalue weighted by Crippen LogP contribution is 2.28. The van der Waals surface area contributed by atoms with E-state index in [-0.39, 0.29) is 6.10 Å². The van der Waals surface area contributed by atoms with Gasteiger partial charge in [-0.25, -0.2) is 0 Å². The Morgan fingerprint density at radius 1 is 1.26 bits per heavy atom. The van der Waals surface area contributed by atoms with E-state index in [0.29, 0.717) is 6.54 Å². The number of rotatable bonds is 10. The summed E-state index contributed by atoms with van der Waals surface area (Å²) in [5.74, 6) is 1.63. The Morgan fingerprint density at radius 3 is 2.70 bits per heavy atom. The average molecular weight is 319 g/mol. The molecular weight excluding hydrogens is 290 g/mol. The van der Waals surface area contributed by atoms with Gasteiger partial charge in [0.25, 0.3) is 0 Å². The molecule has 1 atom stereocenters.